The van der Waals surface area contributed by atoms with Gasteiger partial charge in [0.2, 0.25) is 5.91 Å². The number of carbonyl (C=O) groups excluding carboxylic acids is 2. The number of rotatable bonds is 5. The first-order valence-corrected chi connectivity index (χ1v) is 10.6. The van der Waals surface area contributed by atoms with E-state index in [9.17, 15) is 9.59 Å². The van der Waals surface area contributed by atoms with E-state index in [-0.39, 0.29) is 23.9 Å². The van der Waals surface area contributed by atoms with Gasteiger partial charge in [-0.2, -0.15) is 4.98 Å². The van der Waals surface area contributed by atoms with Gasteiger partial charge >= 0.3 is 6.03 Å². The van der Waals surface area contributed by atoms with E-state index >= 15 is 0 Å². The topological polar surface area (TPSA) is 100 Å². The van der Waals surface area contributed by atoms with E-state index in [4.69, 9.17) is 4.74 Å². The lowest BCUT2D eigenvalue weighted by Gasteiger charge is -2.34. The van der Waals surface area contributed by atoms with Crippen molar-refractivity contribution in [3.63, 3.8) is 0 Å². The van der Waals surface area contributed by atoms with Crippen molar-refractivity contribution in [2.75, 3.05) is 24.0 Å². The van der Waals surface area contributed by atoms with Crippen molar-refractivity contribution in [1.82, 2.24) is 15.3 Å². The molecule has 1 atom stereocenters. The van der Waals surface area contributed by atoms with Crippen LogP contribution in [0.25, 0.3) is 0 Å². The number of nitrogens with zero attached hydrogens (tertiary/aromatic N) is 5. The lowest BCUT2D eigenvalue weighted by atomic mass is 9.93. The molecular weight excluding hydrogens is 408 g/mol. The Kier molecular flexibility index (Phi) is 6.16. The number of amides is 3. The fourth-order valence-corrected chi connectivity index (χ4v) is 3.96. The van der Waals surface area contributed by atoms with Gasteiger partial charge in [-0.15, -0.1) is 0 Å². The zero-order chi connectivity index (χ0) is 22.7. The predicted molar refractivity (Wildman–Crippen MR) is 123 cm³/mol. The van der Waals surface area contributed by atoms with E-state index in [1.54, 1.807) is 25.3 Å². The van der Waals surface area contributed by atoms with Crippen LogP contribution in [0.5, 0.6) is 5.75 Å². The Morgan fingerprint density at radius 3 is 2.81 bits per heavy atom. The van der Waals surface area contributed by atoms with Gasteiger partial charge in [0.25, 0.3) is 5.95 Å². The third-order valence-electron chi connectivity index (χ3n) is 5.70. The van der Waals surface area contributed by atoms with Crippen molar-refractivity contribution in [3.8, 4) is 5.75 Å². The smallest absolute Gasteiger partial charge is 0.330 e. The molecule has 0 saturated heterocycles. The average Bonchev–Trinajstić information content (AvgIpc) is 2.83. The van der Waals surface area contributed by atoms with Crippen LogP contribution in [0.2, 0.25) is 0 Å². The van der Waals surface area contributed by atoms with Crippen LogP contribution in [0.1, 0.15) is 31.2 Å². The Bertz CT molecular complexity index is 1070. The normalized spacial score (nSPS) is 19.5. The van der Waals surface area contributed by atoms with Crippen LogP contribution in [-0.4, -0.2) is 47.8 Å². The summed E-state index contributed by atoms with van der Waals surface area (Å²) < 4.78 is 5.20. The van der Waals surface area contributed by atoms with Crippen molar-refractivity contribution in [2.45, 2.75) is 38.3 Å². The monoisotopic (exact) mass is 434 g/mol. The highest BCUT2D eigenvalue weighted by molar-refractivity contribution is 6.05. The summed E-state index contributed by atoms with van der Waals surface area (Å²) in [5, 5.41) is 2.93. The number of hydrogen-bond donors (Lipinski definition) is 1. The van der Waals surface area contributed by atoms with Crippen LogP contribution in [0.15, 0.2) is 48.1 Å². The number of hydrogen-bond acceptors (Lipinski definition) is 6. The molecule has 0 unspecified atom stereocenters. The van der Waals surface area contributed by atoms with E-state index in [0.717, 1.165) is 48.4 Å². The molecule has 9 nitrogen and oxygen atoms in total. The van der Waals surface area contributed by atoms with Crippen molar-refractivity contribution in [1.29, 1.82) is 0 Å². The number of fused-ring (bicyclic) bond motifs is 1. The van der Waals surface area contributed by atoms with Gasteiger partial charge in [0.15, 0.2) is 0 Å². The molecule has 166 valence electrons. The lowest BCUT2D eigenvalue weighted by Crippen LogP contribution is -2.45. The van der Waals surface area contributed by atoms with Crippen LogP contribution in [0, 0.1) is 0 Å². The number of aliphatic imine (C=N–C) groups is 1. The SMILES string of the molecule is C=CC(=O)N[C@H]1CCCCC1=Nc1ncc2c(n1)N(C)C(=O)N(c1ccc(OC)cc1)C2. The van der Waals surface area contributed by atoms with Gasteiger partial charge in [0, 0.05) is 30.2 Å². The molecule has 1 N–H and O–H groups in total. The number of carbonyl (C=O) groups is 2. The number of methoxy groups -OCH3 is 1. The molecule has 2 heterocycles. The maximum atomic E-state index is 13.0. The summed E-state index contributed by atoms with van der Waals surface area (Å²) >= 11 is 0. The molecule has 3 amide bonds. The minimum absolute atomic E-state index is 0.154. The number of ether oxygens (including phenoxy) is 1. The molecule has 1 saturated carbocycles. The standard InChI is InChI=1S/C23H26N6O3/c1-4-20(30)25-18-7-5-6-8-19(18)26-22-24-13-15-14-29(23(31)28(2)21(15)27-22)16-9-11-17(32-3)12-10-16/h4,9-13,18H,1,5-8,14H2,2-3H3,(H,25,30)/t18-/m0/s1. The molecular formula is C23H26N6O3. The third-order valence-corrected chi connectivity index (χ3v) is 5.70. The molecule has 9 heteroatoms. The van der Waals surface area contributed by atoms with E-state index in [1.807, 2.05) is 24.3 Å². The van der Waals surface area contributed by atoms with Gasteiger partial charge in [-0.25, -0.2) is 14.8 Å². The van der Waals surface area contributed by atoms with Crippen LogP contribution in [0.4, 0.5) is 22.2 Å². The molecule has 0 radical (unpaired) electrons. The van der Waals surface area contributed by atoms with Crippen LogP contribution < -0.4 is 19.9 Å². The maximum Gasteiger partial charge on any atom is 0.330 e. The molecule has 1 aliphatic carbocycles. The van der Waals surface area contributed by atoms with Crippen molar-refractivity contribution in [2.24, 2.45) is 4.99 Å². The number of aromatic nitrogens is 2. The largest absolute Gasteiger partial charge is 0.497 e. The summed E-state index contributed by atoms with van der Waals surface area (Å²) in [5.41, 5.74) is 2.43. The molecule has 1 fully saturated rings. The van der Waals surface area contributed by atoms with Gasteiger partial charge in [-0.05, 0) is 49.6 Å². The van der Waals surface area contributed by atoms with Crippen molar-refractivity contribution in [3.05, 3.63) is 48.7 Å². The molecule has 2 aromatic rings. The zero-order valence-electron chi connectivity index (χ0n) is 18.2. The van der Waals surface area contributed by atoms with Gasteiger partial charge in [0.05, 0.1) is 19.7 Å². The second-order valence-electron chi connectivity index (χ2n) is 7.76. The van der Waals surface area contributed by atoms with Crippen molar-refractivity contribution < 1.29 is 14.3 Å². The predicted octanol–water partition coefficient (Wildman–Crippen LogP) is 3.38. The Balaban J connectivity index is 1.59. The van der Waals surface area contributed by atoms with Gasteiger partial charge < -0.3 is 10.1 Å². The van der Waals surface area contributed by atoms with E-state index < -0.39 is 0 Å². The molecule has 2 aliphatic rings. The molecule has 1 aromatic carbocycles. The van der Waals surface area contributed by atoms with Gasteiger partial charge in [0.1, 0.15) is 11.6 Å². The van der Waals surface area contributed by atoms with Crippen LogP contribution in [-0.2, 0) is 11.3 Å². The quantitative estimate of drug-likeness (QED) is 0.727. The summed E-state index contributed by atoms with van der Waals surface area (Å²) in [4.78, 5) is 41.6. The second-order valence-corrected chi connectivity index (χ2v) is 7.76. The Morgan fingerprint density at radius 2 is 2.09 bits per heavy atom. The Labute approximate surface area is 186 Å². The molecule has 0 spiro atoms. The van der Waals surface area contributed by atoms with Gasteiger partial charge in [-0.3, -0.25) is 14.6 Å². The number of anilines is 2. The summed E-state index contributed by atoms with van der Waals surface area (Å²) in [6.45, 7) is 3.87. The van der Waals surface area contributed by atoms with E-state index in [2.05, 4.69) is 26.9 Å². The first kappa shape index (κ1) is 21.5. The molecule has 1 aliphatic heterocycles. The third kappa shape index (κ3) is 4.32. The number of benzene rings is 1. The lowest BCUT2D eigenvalue weighted by molar-refractivity contribution is -0.116. The van der Waals surface area contributed by atoms with E-state index in [1.165, 1.54) is 11.0 Å². The summed E-state index contributed by atoms with van der Waals surface area (Å²) in [6.07, 6.45) is 6.57. The second kappa shape index (κ2) is 9.17. The molecule has 4 rings (SSSR count). The van der Waals surface area contributed by atoms with Crippen molar-refractivity contribution >= 4 is 35.1 Å². The summed E-state index contributed by atoms with van der Waals surface area (Å²) in [6, 6.07) is 6.99. The molecule has 1 aromatic heterocycles. The minimum Gasteiger partial charge on any atom is -0.497 e. The van der Waals surface area contributed by atoms with E-state index in [0.29, 0.717) is 12.4 Å². The summed E-state index contributed by atoms with van der Waals surface area (Å²) in [7, 11) is 3.29. The van der Waals surface area contributed by atoms with Crippen LogP contribution in [0.3, 0.4) is 0 Å². The Morgan fingerprint density at radius 1 is 1.31 bits per heavy atom. The fraction of sp³-hybridized carbons (Fsp3) is 0.348. The highest BCUT2D eigenvalue weighted by Gasteiger charge is 2.31. The number of nitrogens with one attached hydrogen (secondary N) is 1. The Hall–Kier alpha value is -3.75. The highest BCUT2D eigenvalue weighted by Crippen LogP contribution is 2.31. The molecule has 0 bridgehead atoms. The highest BCUT2D eigenvalue weighted by atomic mass is 16.5. The first-order valence-electron chi connectivity index (χ1n) is 10.6. The van der Waals surface area contributed by atoms with Gasteiger partial charge in [-0.1, -0.05) is 13.0 Å². The average molecular weight is 435 g/mol. The number of urea groups is 1. The fourth-order valence-electron chi connectivity index (χ4n) is 3.96. The zero-order valence-corrected chi connectivity index (χ0v) is 18.2. The van der Waals surface area contributed by atoms with Crippen LogP contribution >= 0.6 is 0 Å². The first-order chi connectivity index (χ1) is 15.5. The minimum atomic E-state index is -0.222. The summed E-state index contributed by atoms with van der Waals surface area (Å²) in [5.74, 6) is 1.33. The molecule has 32 heavy (non-hydrogen) atoms. The maximum absolute atomic E-state index is 13.0.